The van der Waals surface area contributed by atoms with Crippen LogP contribution < -0.4 is 15.8 Å². The Morgan fingerprint density at radius 3 is 2.55 bits per heavy atom. The lowest BCUT2D eigenvalue weighted by Crippen LogP contribution is -2.11. The Bertz CT molecular complexity index is 1240. The Balaban J connectivity index is 1.91. The minimum Gasteiger partial charge on any atom is -0.497 e. The molecule has 0 bridgehead atoms. The predicted octanol–water partition coefficient (Wildman–Crippen LogP) is 4.93. The number of benzene rings is 2. The first kappa shape index (κ1) is 20.9. The molecule has 0 aliphatic carbocycles. The third kappa shape index (κ3) is 4.11. The van der Waals surface area contributed by atoms with Crippen LogP contribution in [0.2, 0.25) is 5.02 Å². The van der Waals surface area contributed by atoms with Crippen molar-refractivity contribution < 1.29 is 9.13 Å². The number of hydrogen-bond acceptors (Lipinski definition) is 6. The second kappa shape index (κ2) is 8.39. The summed E-state index contributed by atoms with van der Waals surface area (Å²) in [6, 6.07) is 11.8. The van der Waals surface area contributed by atoms with Crippen molar-refractivity contribution in [3.8, 4) is 22.7 Å². The normalized spacial score (nSPS) is 11.3. The number of ether oxygens (including phenoxy) is 1. The quantitative estimate of drug-likeness (QED) is 0.441. The van der Waals surface area contributed by atoms with Gasteiger partial charge in [0.2, 0.25) is 5.95 Å². The molecule has 0 aliphatic heterocycles. The molecule has 0 saturated heterocycles. The van der Waals surface area contributed by atoms with Gasteiger partial charge >= 0.3 is 0 Å². The minimum absolute atomic E-state index is 0.00192. The predicted molar refractivity (Wildman–Crippen MR) is 121 cm³/mol. The molecule has 4 aromatic rings. The van der Waals surface area contributed by atoms with Crippen molar-refractivity contribution in [1.29, 1.82) is 0 Å². The summed E-state index contributed by atoms with van der Waals surface area (Å²) in [7, 11) is 1.60. The smallest absolute Gasteiger partial charge is 0.225 e. The van der Waals surface area contributed by atoms with E-state index in [-0.39, 0.29) is 5.02 Å². The van der Waals surface area contributed by atoms with Gasteiger partial charge in [0.05, 0.1) is 28.9 Å². The van der Waals surface area contributed by atoms with Gasteiger partial charge in [0.1, 0.15) is 17.4 Å². The molecule has 31 heavy (non-hydrogen) atoms. The van der Waals surface area contributed by atoms with Crippen molar-refractivity contribution in [2.45, 2.75) is 13.8 Å². The van der Waals surface area contributed by atoms with Crippen LogP contribution in [0.25, 0.3) is 28.0 Å². The van der Waals surface area contributed by atoms with Crippen molar-refractivity contribution in [2.24, 2.45) is 5.92 Å². The van der Waals surface area contributed by atoms with E-state index in [0.29, 0.717) is 46.5 Å². The number of nitrogens with zero attached hydrogens (tertiary/aromatic N) is 4. The van der Waals surface area contributed by atoms with Crippen LogP contribution >= 0.6 is 11.6 Å². The van der Waals surface area contributed by atoms with E-state index < -0.39 is 5.82 Å². The Kier molecular flexibility index (Phi) is 5.65. The first-order chi connectivity index (χ1) is 14.9. The fourth-order valence-corrected chi connectivity index (χ4v) is 3.34. The number of aromatic nitrogens is 4. The average molecular weight is 441 g/mol. The van der Waals surface area contributed by atoms with Gasteiger partial charge in [-0.25, -0.2) is 14.1 Å². The summed E-state index contributed by atoms with van der Waals surface area (Å²) in [6.45, 7) is 4.86. The summed E-state index contributed by atoms with van der Waals surface area (Å²) in [5.74, 6) is 1.39. The molecule has 0 aliphatic rings. The van der Waals surface area contributed by atoms with Crippen LogP contribution in [0.1, 0.15) is 13.8 Å². The van der Waals surface area contributed by atoms with Crippen molar-refractivity contribution in [1.82, 2.24) is 19.7 Å². The number of rotatable bonds is 6. The Morgan fingerprint density at radius 1 is 1.16 bits per heavy atom. The van der Waals surface area contributed by atoms with Crippen LogP contribution in [0.4, 0.5) is 16.2 Å². The van der Waals surface area contributed by atoms with Crippen LogP contribution in [0, 0.1) is 11.7 Å². The zero-order valence-electron chi connectivity index (χ0n) is 17.4. The van der Waals surface area contributed by atoms with Crippen LogP contribution in [0.5, 0.6) is 5.75 Å². The molecule has 160 valence electrons. The summed E-state index contributed by atoms with van der Waals surface area (Å²) in [4.78, 5) is 9.20. The molecule has 0 fully saturated rings. The van der Waals surface area contributed by atoms with Gasteiger partial charge in [-0.15, -0.1) is 5.10 Å². The van der Waals surface area contributed by atoms with Crippen molar-refractivity contribution in [3.63, 3.8) is 0 Å². The highest BCUT2D eigenvalue weighted by Gasteiger charge is 2.20. The van der Waals surface area contributed by atoms with Crippen molar-refractivity contribution in [2.75, 3.05) is 24.7 Å². The van der Waals surface area contributed by atoms with Gasteiger partial charge in [0.25, 0.3) is 0 Å². The molecule has 9 heteroatoms. The molecule has 0 saturated carbocycles. The van der Waals surface area contributed by atoms with E-state index in [0.717, 1.165) is 11.4 Å². The molecule has 0 amide bonds. The van der Waals surface area contributed by atoms with E-state index in [1.54, 1.807) is 17.9 Å². The van der Waals surface area contributed by atoms with Crippen molar-refractivity contribution >= 4 is 34.4 Å². The standard InChI is InChI=1S/C22H22ClFN6O/c1-12(2)11-26-22-27-19(13-4-9-17(24)16(23)10-13)18-20(25)30(29-21(18)28-22)14-5-7-15(31-3)8-6-14/h4-10,12H,11,25H2,1-3H3,(H,26,28,29). The molecule has 2 heterocycles. The van der Waals surface area contributed by atoms with E-state index in [9.17, 15) is 4.39 Å². The van der Waals surface area contributed by atoms with Gasteiger partial charge in [0, 0.05) is 12.1 Å². The maximum Gasteiger partial charge on any atom is 0.225 e. The Labute approximate surface area is 184 Å². The molecule has 4 rings (SSSR count). The zero-order valence-corrected chi connectivity index (χ0v) is 18.1. The average Bonchev–Trinajstić information content (AvgIpc) is 3.10. The highest BCUT2D eigenvalue weighted by atomic mass is 35.5. The lowest BCUT2D eigenvalue weighted by molar-refractivity contribution is 0.414. The molecule has 3 N–H and O–H groups in total. The number of hydrogen-bond donors (Lipinski definition) is 2. The van der Waals surface area contributed by atoms with Crippen molar-refractivity contribution in [3.05, 3.63) is 53.3 Å². The molecule has 0 atom stereocenters. The van der Waals surface area contributed by atoms with Gasteiger partial charge in [-0.2, -0.15) is 4.98 Å². The number of anilines is 2. The molecular weight excluding hydrogens is 419 g/mol. The molecule has 0 radical (unpaired) electrons. The summed E-state index contributed by atoms with van der Waals surface area (Å²) in [5, 5.41) is 8.39. The number of nitrogens with one attached hydrogen (secondary N) is 1. The number of nitrogen functional groups attached to an aromatic ring is 1. The highest BCUT2D eigenvalue weighted by molar-refractivity contribution is 6.31. The SMILES string of the molecule is COc1ccc(-n2nc3nc(NCC(C)C)nc(-c4ccc(F)c(Cl)c4)c3c2N)cc1. The fraction of sp³-hybridized carbons (Fsp3) is 0.227. The summed E-state index contributed by atoms with van der Waals surface area (Å²) in [6.07, 6.45) is 0. The number of methoxy groups -OCH3 is 1. The lowest BCUT2D eigenvalue weighted by Gasteiger charge is -2.10. The monoisotopic (exact) mass is 440 g/mol. The van der Waals surface area contributed by atoms with Gasteiger partial charge in [0.15, 0.2) is 5.65 Å². The van der Waals surface area contributed by atoms with E-state index >= 15 is 0 Å². The van der Waals surface area contributed by atoms with Gasteiger partial charge < -0.3 is 15.8 Å². The number of halogens is 2. The van der Waals surface area contributed by atoms with Gasteiger partial charge in [-0.3, -0.25) is 0 Å². The third-order valence-electron chi connectivity index (χ3n) is 4.75. The number of fused-ring (bicyclic) bond motifs is 1. The lowest BCUT2D eigenvalue weighted by atomic mass is 10.1. The second-order valence-corrected chi connectivity index (χ2v) is 7.90. The summed E-state index contributed by atoms with van der Waals surface area (Å²) < 4.78 is 20.6. The topological polar surface area (TPSA) is 90.9 Å². The van der Waals surface area contributed by atoms with Crippen LogP contribution in [-0.4, -0.2) is 33.4 Å². The maximum absolute atomic E-state index is 13.8. The first-order valence-electron chi connectivity index (χ1n) is 9.77. The summed E-state index contributed by atoms with van der Waals surface area (Å²) in [5.41, 5.74) is 8.79. The Morgan fingerprint density at radius 2 is 1.90 bits per heavy atom. The van der Waals surface area contributed by atoms with E-state index in [1.807, 2.05) is 24.3 Å². The first-order valence-corrected chi connectivity index (χ1v) is 10.1. The Hall–Kier alpha value is -3.39. The van der Waals surface area contributed by atoms with Crippen LogP contribution in [0.15, 0.2) is 42.5 Å². The summed E-state index contributed by atoms with van der Waals surface area (Å²) >= 11 is 6.03. The highest BCUT2D eigenvalue weighted by Crippen LogP contribution is 2.34. The van der Waals surface area contributed by atoms with Gasteiger partial charge in [-0.1, -0.05) is 25.4 Å². The fourth-order valence-electron chi connectivity index (χ4n) is 3.16. The van der Waals surface area contributed by atoms with Crippen LogP contribution in [-0.2, 0) is 0 Å². The molecule has 0 unspecified atom stereocenters. The zero-order chi connectivity index (χ0) is 22.1. The van der Waals surface area contributed by atoms with E-state index in [1.165, 1.54) is 12.1 Å². The largest absolute Gasteiger partial charge is 0.497 e. The molecular formula is C22H22ClFN6O. The molecule has 2 aromatic carbocycles. The molecule has 2 aromatic heterocycles. The van der Waals surface area contributed by atoms with E-state index in [2.05, 4.69) is 34.2 Å². The van der Waals surface area contributed by atoms with Gasteiger partial charge in [-0.05, 0) is 48.4 Å². The third-order valence-corrected chi connectivity index (χ3v) is 5.04. The van der Waals surface area contributed by atoms with E-state index in [4.69, 9.17) is 22.1 Å². The van der Waals surface area contributed by atoms with Crippen LogP contribution in [0.3, 0.4) is 0 Å². The number of nitrogens with two attached hydrogens (primary N) is 1. The minimum atomic E-state index is -0.504. The second-order valence-electron chi connectivity index (χ2n) is 7.49. The maximum atomic E-state index is 13.8. The molecule has 0 spiro atoms. The molecule has 7 nitrogen and oxygen atoms in total.